The molecular formula is C22H28ClN3OS. The third-order valence-electron chi connectivity index (χ3n) is 4.80. The van der Waals surface area contributed by atoms with E-state index in [1.54, 1.807) is 11.3 Å². The number of fused-ring (bicyclic) bond motifs is 1. The summed E-state index contributed by atoms with van der Waals surface area (Å²) in [5.74, 6) is 0.0193. The highest BCUT2D eigenvalue weighted by Crippen LogP contribution is 2.32. The Labute approximate surface area is 177 Å². The van der Waals surface area contributed by atoms with Crippen LogP contribution in [-0.4, -0.2) is 43.0 Å². The number of halogens is 1. The van der Waals surface area contributed by atoms with Crippen molar-refractivity contribution in [3.05, 3.63) is 58.7 Å². The Morgan fingerprint density at radius 1 is 1.07 bits per heavy atom. The lowest BCUT2D eigenvalue weighted by atomic mass is 10.1. The zero-order chi connectivity index (χ0) is 19.6. The number of aromatic nitrogens is 1. The van der Waals surface area contributed by atoms with Crippen LogP contribution in [-0.2, 0) is 0 Å². The van der Waals surface area contributed by atoms with Gasteiger partial charge >= 0.3 is 0 Å². The molecule has 4 nitrogen and oxygen atoms in total. The van der Waals surface area contributed by atoms with Gasteiger partial charge in [-0.1, -0.05) is 35.1 Å². The maximum absolute atomic E-state index is 13.3. The lowest BCUT2D eigenvalue weighted by molar-refractivity contribution is 0.0986. The van der Waals surface area contributed by atoms with Crippen molar-refractivity contribution in [3.8, 4) is 0 Å². The minimum absolute atomic E-state index is 0. The predicted molar refractivity (Wildman–Crippen MR) is 122 cm³/mol. The number of aryl methyl sites for hydroxylation is 3. The lowest BCUT2D eigenvalue weighted by Crippen LogP contribution is -2.33. The molecule has 28 heavy (non-hydrogen) atoms. The lowest BCUT2D eigenvalue weighted by Gasteiger charge is -2.21. The summed E-state index contributed by atoms with van der Waals surface area (Å²) in [6.45, 7) is 7.79. The van der Waals surface area contributed by atoms with Crippen LogP contribution in [0, 0.1) is 20.8 Å². The van der Waals surface area contributed by atoms with Gasteiger partial charge in [0.15, 0.2) is 5.13 Å². The van der Waals surface area contributed by atoms with Gasteiger partial charge in [-0.2, -0.15) is 0 Å². The Morgan fingerprint density at radius 3 is 2.50 bits per heavy atom. The average Bonchev–Trinajstić information content (AvgIpc) is 3.06. The van der Waals surface area contributed by atoms with E-state index in [0.29, 0.717) is 12.1 Å². The van der Waals surface area contributed by atoms with Crippen molar-refractivity contribution in [2.24, 2.45) is 0 Å². The summed E-state index contributed by atoms with van der Waals surface area (Å²) in [5, 5.41) is 0.781. The van der Waals surface area contributed by atoms with Crippen LogP contribution in [0.1, 0.15) is 33.5 Å². The molecule has 0 N–H and O–H groups in total. The first-order valence-corrected chi connectivity index (χ1v) is 10.1. The van der Waals surface area contributed by atoms with Crippen LogP contribution in [0.15, 0.2) is 36.4 Å². The highest BCUT2D eigenvalue weighted by atomic mass is 35.5. The molecule has 0 spiro atoms. The van der Waals surface area contributed by atoms with Gasteiger partial charge in [-0.25, -0.2) is 4.98 Å². The van der Waals surface area contributed by atoms with Gasteiger partial charge < -0.3 is 4.90 Å². The first-order valence-electron chi connectivity index (χ1n) is 9.27. The molecule has 0 aliphatic carbocycles. The first-order chi connectivity index (χ1) is 12.9. The first kappa shape index (κ1) is 22.3. The standard InChI is InChI=1S/C22H27N3OS.ClH/c1-15-8-6-9-18(14-15)21(26)25(13-7-12-24(4)5)22-23-20-17(3)16(2)10-11-19(20)27-22;/h6,8-11,14H,7,12-13H2,1-5H3;1H. The van der Waals surface area contributed by atoms with E-state index in [1.165, 1.54) is 11.1 Å². The average molecular weight is 418 g/mol. The molecule has 1 aromatic heterocycles. The number of carbonyl (C=O) groups excluding carboxylic acids is 1. The molecule has 3 aromatic rings. The Kier molecular flexibility index (Phi) is 7.58. The number of thiazole rings is 1. The van der Waals surface area contributed by atoms with Crippen LogP contribution in [0.25, 0.3) is 10.2 Å². The van der Waals surface area contributed by atoms with Crippen molar-refractivity contribution in [2.45, 2.75) is 27.2 Å². The highest BCUT2D eigenvalue weighted by molar-refractivity contribution is 7.22. The van der Waals surface area contributed by atoms with Crippen LogP contribution < -0.4 is 4.90 Å². The molecular weight excluding hydrogens is 390 g/mol. The molecule has 6 heteroatoms. The van der Waals surface area contributed by atoms with E-state index < -0.39 is 0 Å². The fraction of sp³-hybridized carbons (Fsp3) is 0.364. The third-order valence-corrected chi connectivity index (χ3v) is 5.85. The van der Waals surface area contributed by atoms with E-state index in [-0.39, 0.29) is 18.3 Å². The second kappa shape index (κ2) is 9.50. The maximum Gasteiger partial charge on any atom is 0.260 e. The molecule has 1 heterocycles. The third kappa shape index (κ3) is 4.90. The van der Waals surface area contributed by atoms with Crippen LogP contribution in [0.4, 0.5) is 5.13 Å². The number of amides is 1. The summed E-state index contributed by atoms with van der Waals surface area (Å²) in [7, 11) is 4.10. The molecule has 2 aromatic carbocycles. The number of anilines is 1. The smallest absolute Gasteiger partial charge is 0.260 e. The summed E-state index contributed by atoms with van der Waals surface area (Å²) in [6, 6.07) is 12.0. The molecule has 150 valence electrons. The molecule has 0 radical (unpaired) electrons. The van der Waals surface area contributed by atoms with Gasteiger partial charge in [0.05, 0.1) is 10.2 Å². The molecule has 0 unspecified atom stereocenters. The van der Waals surface area contributed by atoms with Crippen LogP contribution in [0.2, 0.25) is 0 Å². The van der Waals surface area contributed by atoms with Gasteiger partial charge in [-0.3, -0.25) is 9.69 Å². The Balaban J connectivity index is 0.00000280. The monoisotopic (exact) mass is 417 g/mol. The summed E-state index contributed by atoms with van der Waals surface area (Å²) in [6.07, 6.45) is 0.901. The molecule has 0 atom stereocenters. The van der Waals surface area contributed by atoms with Crippen LogP contribution >= 0.6 is 23.7 Å². The van der Waals surface area contributed by atoms with Crippen molar-refractivity contribution in [1.82, 2.24) is 9.88 Å². The Hall–Kier alpha value is -1.95. The molecule has 3 rings (SSSR count). The van der Waals surface area contributed by atoms with Gasteiger partial charge in [-0.05, 0) is 77.2 Å². The van der Waals surface area contributed by atoms with Crippen molar-refractivity contribution < 1.29 is 4.79 Å². The number of hydrogen-bond acceptors (Lipinski definition) is 4. The summed E-state index contributed by atoms with van der Waals surface area (Å²) < 4.78 is 1.13. The molecule has 0 saturated carbocycles. The van der Waals surface area contributed by atoms with Gasteiger partial charge in [0.1, 0.15) is 0 Å². The topological polar surface area (TPSA) is 36.4 Å². The van der Waals surface area contributed by atoms with Gasteiger partial charge in [-0.15, -0.1) is 12.4 Å². The SMILES string of the molecule is Cc1cccc(C(=O)N(CCCN(C)C)c2nc3c(C)c(C)ccc3s2)c1.Cl. The van der Waals surface area contributed by atoms with E-state index in [9.17, 15) is 4.79 Å². The quantitative estimate of drug-likeness (QED) is 0.550. The number of hydrogen-bond donors (Lipinski definition) is 0. The maximum atomic E-state index is 13.3. The van der Waals surface area contributed by atoms with Crippen LogP contribution in [0.3, 0.4) is 0 Å². The fourth-order valence-electron chi connectivity index (χ4n) is 3.09. The van der Waals surface area contributed by atoms with Crippen molar-refractivity contribution >= 4 is 45.0 Å². The Morgan fingerprint density at radius 2 is 1.82 bits per heavy atom. The summed E-state index contributed by atoms with van der Waals surface area (Å²) >= 11 is 1.59. The fourth-order valence-corrected chi connectivity index (χ4v) is 4.14. The molecule has 1 amide bonds. The van der Waals surface area contributed by atoms with Crippen molar-refractivity contribution in [3.63, 3.8) is 0 Å². The van der Waals surface area contributed by atoms with Crippen LogP contribution in [0.5, 0.6) is 0 Å². The molecule has 0 bridgehead atoms. The number of rotatable bonds is 6. The second-order valence-electron chi connectivity index (χ2n) is 7.33. The van der Waals surface area contributed by atoms with Gasteiger partial charge in [0.2, 0.25) is 0 Å². The van der Waals surface area contributed by atoms with E-state index in [1.807, 2.05) is 36.1 Å². The number of benzene rings is 2. The number of carbonyl (C=O) groups is 1. The van der Waals surface area contributed by atoms with E-state index in [4.69, 9.17) is 4.98 Å². The van der Waals surface area contributed by atoms with Gasteiger partial charge in [0.25, 0.3) is 5.91 Å². The van der Waals surface area contributed by atoms with E-state index in [0.717, 1.165) is 33.9 Å². The van der Waals surface area contributed by atoms with Gasteiger partial charge in [0, 0.05) is 12.1 Å². The molecule has 0 aliphatic heterocycles. The molecule has 0 fully saturated rings. The zero-order valence-electron chi connectivity index (χ0n) is 17.2. The highest BCUT2D eigenvalue weighted by Gasteiger charge is 2.22. The minimum atomic E-state index is 0. The van der Waals surface area contributed by atoms with Crippen molar-refractivity contribution in [1.29, 1.82) is 0 Å². The zero-order valence-corrected chi connectivity index (χ0v) is 18.8. The van der Waals surface area contributed by atoms with Crippen molar-refractivity contribution in [2.75, 3.05) is 32.1 Å². The normalized spacial score (nSPS) is 10.9. The summed E-state index contributed by atoms with van der Waals surface area (Å²) in [5.41, 5.74) is 5.22. The van der Waals surface area contributed by atoms with E-state index in [2.05, 4.69) is 45.0 Å². The second-order valence-corrected chi connectivity index (χ2v) is 8.34. The molecule has 0 saturated heterocycles. The predicted octanol–water partition coefficient (Wildman–Crippen LogP) is 5.24. The Bertz CT molecular complexity index is 968. The minimum Gasteiger partial charge on any atom is -0.309 e. The van der Waals surface area contributed by atoms with E-state index >= 15 is 0 Å². The molecule has 0 aliphatic rings. The number of nitrogens with zero attached hydrogens (tertiary/aromatic N) is 3. The summed E-state index contributed by atoms with van der Waals surface area (Å²) in [4.78, 5) is 22.1. The largest absolute Gasteiger partial charge is 0.309 e.